The molecule has 0 aliphatic carbocycles. The summed E-state index contributed by atoms with van der Waals surface area (Å²) in [7, 11) is -2.52. The van der Waals surface area contributed by atoms with Crippen molar-refractivity contribution in [1.29, 1.82) is 0 Å². The van der Waals surface area contributed by atoms with Crippen LogP contribution in [0.2, 0.25) is 0 Å². The second kappa shape index (κ2) is 5.33. The standard InChI is InChI=1S/C10H12N2O6S/c1-18-10(13)7-5-6(9(11)19(2,16)17)3-4-8(7)12(14)15/h3-5,9H,11H2,1-2H3. The summed E-state index contributed by atoms with van der Waals surface area (Å²) in [5.74, 6) is -0.936. The van der Waals surface area contributed by atoms with Crippen LogP contribution in [0, 0.1) is 10.1 Å². The van der Waals surface area contributed by atoms with E-state index < -0.39 is 31.8 Å². The summed E-state index contributed by atoms with van der Waals surface area (Å²) >= 11 is 0. The van der Waals surface area contributed by atoms with E-state index in [0.717, 1.165) is 25.5 Å². The Morgan fingerprint density at radius 3 is 2.47 bits per heavy atom. The van der Waals surface area contributed by atoms with Crippen molar-refractivity contribution in [2.45, 2.75) is 5.37 Å². The quantitative estimate of drug-likeness (QED) is 0.481. The van der Waals surface area contributed by atoms with Crippen molar-refractivity contribution in [1.82, 2.24) is 0 Å². The van der Waals surface area contributed by atoms with E-state index in [4.69, 9.17) is 5.73 Å². The van der Waals surface area contributed by atoms with Gasteiger partial charge in [0.1, 0.15) is 10.9 Å². The number of hydrogen-bond acceptors (Lipinski definition) is 7. The molecule has 0 fully saturated rings. The number of hydrogen-bond donors (Lipinski definition) is 1. The Hall–Kier alpha value is -2.00. The smallest absolute Gasteiger partial charge is 0.344 e. The molecule has 0 aliphatic heterocycles. The first-order valence-corrected chi connectivity index (χ1v) is 6.95. The van der Waals surface area contributed by atoms with E-state index in [1.807, 2.05) is 0 Å². The number of benzene rings is 1. The second-order valence-electron chi connectivity index (χ2n) is 3.78. The molecule has 0 aliphatic rings. The fraction of sp³-hybridized carbons (Fsp3) is 0.300. The third-order valence-electron chi connectivity index (χ3n) is 2.41. The van der Waals surface area contributed by atoms with Gasteiger partial charge in [-0.3, -0.25) is 10.1 Å². The van der Waals surface area contributed by atoms with Crippen molar-refractivity contribution in [3.63, 3.8) is 0 Å². The number of sulfone groups is 1. The van der Waals surface area contributed by atoms with Crippen LogP contribution in [0.15, 0.2) is 18.2 Å². The molecule has 19 heavy (non-hydrogen) atoms. The summed E-state index contributed by atoms with van der Waals surface area (Å²) in [4.78, 5) is 21.5. The van der Waals surface area contributed by atoms with Crippen LogP contribution in [0.25, 0.3) is 0 Å². The van der Waals surface area contributed by atoms with Crippen LogP contribution in [0.5, 0.6) is 0 Å². The third-order valence-corrected chi connectivity index (χ3v) is 3.61. The lowest BCUT2D eigenvalue weighted by molar-refractivity contribution is -0.385. The lowest BCUT2D eigenvalue weighted by atomic mass is 10.1. The van der Waals surface area contributed by atoms with Gasteiger partial charge in [-0.25, -0.2) is 13.2 Å². The van der Waals surface area contributed by atoms with Crippen molar-refractivity contribution in [2.24, 2.45) is 5.73 Å². The molecule has 0 saturated carbocycles. The molecule has 1 aromatic carbocycles. The van der Waals surface area contributed by atoms with E-state index in [9.17, 15) is 23.3 Å². The SMILES string of the molecule is COC(=O)c1cc(C(N)S(C)(=O)=O)ccc1[N+](=O)[O-]. The Labute approximate surface area is 109 Å². The normalized spacial score (nSPS) is 12.8. The van der Waals surface area contributed by atoms with Gasteiger partial charge in [-0.05, 0) is 17.7 Å². The average Bonchev–Trinajstić information content (AvgIpc) is 2.34. The number of esters is 1. The highest BCUT2D eigenvalue weighted by atomic mass is 32.2. The molecule has 1 atom stereocenters. The number of rotatable bonds is 4. The van der Waals surface area contributed by atoms with Gasteiger partial charge in [0.2, 0.25) is 0 Å². The van der Waals surface area contributed by atoms with Crippen LogP contribution in [-0.4, -0.2) is 32.7 Å². The molecule has 0 aromatic heterocycles. The molecule has 0 spiro atoms. The number of carbonyl (C=O) groups excluding carboxylic acids is 1. The van der Waals surface area contributed by atoms with Gasteiger partial charge >= 0.3 is 5.97 Å². The number of ether oxygens (including phenoxy) is 1. The van der Waals surface area contributed by atoms with Crippen molar-refractivity contribution in [3.8, 4) is 0 Å². The summed E-state index contributed by atoms with van der Waals surface area (Å²) in [6, 6.07) is 3.26. The lowest BCUT2D eigenvalue weighted by Crippen LogP contribution is -2.21. The molecular formula is C10H12N2O6S. The molecule has 9 heteroatoms. The van der Waals surface area contributed by atoms with Gasteiger partial charge in [0.15, 0.2) is 9.84 Å². The molecule has 0 heterocycles. The number of nitrogens with zero attached hydrogens (tertiary/aromatic N) is 1. The maximum atomic E-state index is 11.4. The number of nitro benzene ring substituents is 1. The molecule has 2 N–H and O–H groups in total. The lowest BCUT2D eigenvalue weighted by Gasteiger charge is -2.11. The zero-order chi connectivity index (χ0) is 14.8. The van der Waals surface area contributed by atoms with E-state index in [1.165, 1.54) is 6.07 Å². The fourth-order valence-electron chi connectivity index (χ4n) is 1.41. The number of nitrogens with two attached hydrogens (primary N) is 1. The summed E-state index contributed by atoms with van der Waals surface area (Å²) in [6.07, 6.45) is 0.927. The highest BCUT2D eigenvalue weighted by molar-refractivity contribution is 7.90. The summed E-state index contributed by atoms with van der Waals surface area (Å²) in [5.41, 5.74) is 4.76. The van der Waals surface area contributed by atoms with E-state index in [1.54, 1.807) is 0 Å². The van der Waals surface area contributed by atoms with E-state index >= 15 is 0 Å². The fourth-order valence-corrected chi connectivity index (χ4v) is 2.05. The minimum atomic E-state index is -3.58. The Morgan fingerprint density at radius 1 is 1.47 bits per heavy atom. The molecule has 0 bridgehead atoms. The maximum Gasteiger partial charge on any atom is 0.344 e. The zero-order valence-electron chi connectivity index (χ0n) is 10.2. The minimum Gasteiger partial charge on any atom is -0.465 e. The Morgan fingerprint density at radius 2 is 2.05 bits per heavy atom. The number of methoxy groups -OCH3 is 1. The van der Waals surface area contributed by atoms with Crippen molar-refractivity contribution < 1.29 is 22.9 Å². The molecule has 104 valence electrons. The van der Waals surface area contributed by atoms with E-state index in [2.05, 4.69) is 4.74 Å². The van der Waals surface area contributed by atoms with Crippen molar-refractivity contribution in [2.75, 3.05) is 13.4 Å². The topological polar surface area (TPSA) is 130 Å². The molecule has 1 aromatic rings. The Bertz CT molecular complexity index is 625. The Kier molecular flexibility index (Phi) is 4.22. The van der Waals surface area contributed by atoms with Crippen LogP contribution >= 0.6 is 0 Å². The van der Waals surface area contributed by atoms with Crippen molar-refractivity contribution in [3.05, 3.63) is 39.4 Å². The summed E-state index contributed by atoms with van der Waals surface area (Å²) in [6.45, 7) is 0. The second-order valence-corrected chi connectivity index (χ2v) is 5.94. The summed E-state index contributed by atoms with van der Waals surface area (Å²) < 4.78 is 27.1. The van der Waals surface area contributed by atoms with Gasteiger partial charge in [0.25, 0.3) is 5.69 Å². The minimum absolute atomic E-state index is 0.0773. The average molecular weight is 288 g/mol. The predicted molar refractivity (Wildman–Crippen MR) is 66.2 cm³/mol. The largest absolute Gasteiger partial charge is 0.465 e. The van der Waals surface area contributed by atoms with Gasteiger partial charge in [-0.15, -0.1) is 0 Å². The van der Waals surface area contributed by atoms with Crippen LogP contribution in [0.4, 0.5) is 5.69 Å². The maximum absolute atomic E-state index is 11.4. The molecule has 0 radical (unpaired) electrons. The number of carbonyl (C=O) groups is 1. The monoisotopic (exact) mass is 288 g/mol. The molecule has 0 amide bonds. The van der Waals surface area contributed by atoms with Crippen LogP contribution in [0.1, 0.15) is 21.3 Å². The highest BCUT2D eigenvalue weighted by Crippen LogP contribution is 2.25. The van der Waals surface area contributed by atoms with Crippen LogP contribution in [0.3, 0.4) is 0 Å². The highest BCUT2D eigenvalue weighted by Gasteiger charge is 2.25. The summed E-state index contributed by atoms with van der Waals surface area (Å²) in [5, 5.41) is 9.40. The van der Waals surface area contributed by atoms with Gasteiger partial charge in [-0.2, -0.15) is 0 Å². The molecule has 0 saturated heterocycles. The molecular weight excluding hydrogens is 276 g/mol. The first kappa shape index (κ1) is 15.1. The first-order chi connectivity index (χ1) is 8.68. The van der Waals surface area contributed by atoms with E-state index in [-0.39, 0.29) is 11.1 Å². The van der Waals surface area contributed by atoms with Gasteiger partial charge < -0.3 is 10.5 Å². The number of nitro groups is 1. The molecule has 1 rings (SSSR count). The third kappa shape index (κ3) is 3.26. The Balaban J connectivity index is 3.42. The zero-order valence-corrected chi connectivity index (χ0v) is 11.0. The molecule has 8 nitrogen and oxygen atoms in total. The van der Waals surface area contributed by atoms with Crippen LogP contribution < -0.4 is 5.73 Å². The van der Waals surface area contributed by atoms with Crippen molar-refractivity contribution >= 4 is 21.5 Å². The van der Waals surface area contributed by atoms with E-state index in [0.29, 0.717) is 0 Å². The predicted octanol–water partition coefficient (Wildman–Crippen LogP) is 0.383. The van der Waals surface area contributed by atoms with Gasteiger partial charge in [-0.1, -0.05) is 0 Å². The first-order valence-electron chi connectivity index (χ1n) is 4.99. The van der Waals surface area contributed by atoms with Crippen LogP contribution in [-0.2, 0) is 14.6 Å². The van der Waals surface area contributed by atoms with Gasteiger partial charge in [0, 0.05) is 12.3 Å². The van der Waals surface area contributed by atoms with Gasteiger partial charge in [0.05, 0.1) is 12.0 Å². The molecule has 1 unspecified atom stereocenters.